The van der Waals surface area contributed by atoms with Crippen LogP contribution in [0.1, 0.15) is 38.3 Å². The zero-order valence-electron chi connectivity index (χ0n) is 12.9. The van der Waals surface area contributed by atoms with Crippen molar-refractivity contribution < 1.29 is 9.47 Å². The van der Waals surface area contributed by atoms with Gasteiger partial charge in [-0.2, -0.15) is 11.8 Å². The maximum atomic E-state index is 5.46. The molecule has 1 aliphatic heterocycles. The van der Waals surface area contributed by atoms with Crippen LogP contribution in [0.2, 0.25) is 0 Å². The second kappa shape index (κ2) is 6.72. The van der Waals surface area contributed by atoms with Gasteiger partial charge in [-0.05, 0) is 50.6 Å². The van der Waals surface area contributed by atoms with Crippen molar-refractivity contribution in [2.24, 2.45) is 0 Å². The predicted octanol–water partition coefficient (Wildman–Crippen LogP) is 3.64. The average molecular weight is 295 g/mol. The topological polar surface area (TPSA) is 30.5 Å². The van der Waals surface area contributed by atoms with Crippen LogP contribution in [0.15, 0.2) is 18.2 Å². The molecule has 3 nitrogen and oxygen atoms in total. The molecule has 2 rings (SSSR count). The molecule has 1 heterocycles. The van der Waals surface area contributed by atoms with Gasteiger partial charge in [-0.1, -0.05) is 0 Å². The van der Waals surface area contributed by atoms with Crippen LogP contribution in [0.4, 0.5) is 0 Å². The number of nitrogens with one attached hydrogen (secondary N) is 1. The second-order valence-corrected chi connectivity index (χ2v) is 7.29. The standard InChI is InChI=1S/C16H25NO2S/c1-12(17-11-16(2)8-5-9-20-16)14-10-13(18-3)6-7-15(14)19-4/h6-7,10,12,17H,5,8-9,11H2,1-4H3. The Hall–Kier alpha value is -0.870. The first kappa shape index (κ1) is 15.5. The Kier molecular flexibility index (Phi) is 5.22. The van der Waals surface area contributed by atoms with Gasteiger partial charge in [-0.25, -0.2) is 0 Å². The highest BCUT2D eigenvalue weighted by Gasteiger charge is 2.29. The monoisotopic (exact) mass is 295 g/mol. The summed E-state index contributed by atoms with van der Waals surface area (Å²) < 4.78 is 11.2. The molecule has 1 fully saturated rings. The van der Waals surface area contributed by atoms with Gasteiger partial charge in [0.2, 0.25) is 0 Å². The van der Waals surface area contributed by atoms with Gasteiger partial charge >= 0.3 is 0 Å². The smallest absolute Gasteiger partial charge is 0.123 e. The summed E-state index contributed by atoms with van der Waals surface area (Å²) in [5.41, 5.74) is 1.15. The van der Waals surface area contributed by atoms with Gasteiger partial charge in [-0.3, -0.25) is 0 Å². The fraction of sp³-hybridized carbons (Fsp3) is 0.625. The van der Waals surface area contributed by atoms with Gasteiger partial charge in [0.1, 0.15) is 11.5 Å². The third-order valence-electron chi connectivity index (χ3n) is 3.99. The number of hydrogen-bond donors (Lipinski definition) is 1. The summed E-state index contributed by atoms with van der Waals surface area (Å²) in [6.45, 7) is 5.56. The van der Waals surface area contributed by atoms with E-state index in [9.17, 15) is 0 Å². The summed E-state index contributed by atoms with van der Waals surface area (Å²) in [5, 5.41) is 3.65. The van der Waals surface area contributed by atoms with Crippen molar-refractivity contribution in [1.29, 1.82) is 0 Å². The molecule has 4 heteroatoms. The van der Waals surface area contributed by atoms with Crippen LogP contribution in [0.25, 0.3) is 0 Å². The van der Waals surface area contributed by atoms with Gasteiger partial charge in [0, 0.05) is 22.9 Å². The van der Waals surface area contributed by atoms with Crippen molar-refractivity contribution in [1.82, 2.24) is 5.32 Å². The minimum atomic E-state index is 0.248. The molecule has 1 aliphatic rings. The molecule has 1 aromatic rings. The Labute approximate surface area is 126 Å². The Morgan fingerprint density at radius 1 is 1.35 bits per heavy atom. The van der Waals surface area contributed by atoms with Crippen LogP contribution in [-0.2, 0) is 0 Å². The van der Waals surface area contributed by atoms with Gasteiger partial charge < -0.3 is 14.8 Å². The molecule has 0 amide bonds. The van der Waals surface area contributed by atoms with E-state index in [1.165, 1.54) is 18.6 Å². The zero-order chi connectivity index (χ0) is 14.6. The third kappa shape index (κ3) is 3.61. The highest BCUT2D eigenvalue weighted by atomic mass is 32.2. The fourth-order valence-corrected chi connectivity index (χ4v) is 3.89. The maximum absolute atomic E-state index is 5.46. The van der Waals surface area contributed by atoms with E-state index in [4.69, 9.17) is 9.47 Å². The molecule has 0 radical (unpaired) electrons. The highest BCUT2D eigenvalue weighted by molar-refractivity contribution is 8.00. The van der Waals surface area contributed by atoms with Crippen LogP contribution in [0.3, 0.4) is 0 Å². The molecule has 2 unspecified atom stereocenters. The molecular weight excluding hydrogens is 270 g/mol. The van der Waals surface area contributed by atoms with E-state index in [1.807, 2.05) is 12.1 Å². The van der Waals surface area contributed by atoms with E-state index in [1.54, 1.807) is 14.2 Å². The lowest BCUT2D eigenvalue weighted by Crippen LogP contribution is -2.34. The molecule has 1 N–H and O–H groups in total. The molecular formula is C16H25NO2S. The summed E-state index contributed by atoms with van der Waals surface area (Å²) in [7, 11) is 3.41. The lowest BCUT2D eigenvalue weighted by atomic mass is 10.0. The quantitative estimate of drug-likeness (QED) is 0.868. The van der Waals surface area contributed by atoms with Crippen molar-refractivity contribution in [2.75, 3.05) is 26.5 Å². The van der Waals surface area contributed by atoms with Crippen molar-refractivity contribution in [3.05, 3.63) is 23.8 Å². The largest absolute Gasteiger partial charge is 0.497 e. The number of rotatable bonds is 6. The molecule has 0 bridgehead atoms. The molecule has 1 saturated heterocycles. The minimum Gasteiger partial charge on any atom is -0.497 e. The second-order valence-electron chi connectivity index (χ2n) is 5.61. The van der Waals surface area contributed by atoms with Crippen LogP contribution >= 0.6 is 11.8 Å². The molecule has 112 valence electrons. The molecule has 1 aromatic carbocycles. The molecule has 0 saturated carbocycles. The van der Waals surface area contributed by atoms with E-state index in [2.05, 4.69) is 37.0 Å². The van der Waals surface area contributed by atoms with Gasteiger partial charge in [0.25, 0.3) is 0 Å². The fourth-order valence-electron chi connectivity index (χ4n) is 2.63. The molecule has 0 aliphatic carbocycles. The SMILES string of the molecule is COc1ccc(OC)c(C(C)NCC2(C)CCCS2)c1. The lowest BCUT2D eigenvalue weighted by Gasteiger charge is -2.26. The van der Waals surface area contributed by atoms with Crippen molar-refractivity contribution in [3.8, 4) is 11.5 Å². The van der Waals surface area contributed by atoms with Crippen molar-refractivity contribution in [2.45, 2.75) is 37.5 Å². The van der Waals surface area contributed by atoms with Crippen molar-refractivity contribution >= 4 is 11.8 Å². The zero-order valence-corrected chi connectivity index (χ0v) is 13.7. The molecule has 2 atom stereocenters. The first-order valence-corrected chi connectivity index (χ1v) is 8.16. The Bertz CT molecular complexity index is 444. The van der Waals surface area contributed by atoms with Crippen LogP contribution in [0.5, 0.6) is 11.5 Å². The average Bonchev–Trinajstić information content (AvgIpc) is 2.91. The first-order valence-electron chi connectivity index (χ1n) is 7.17. The predicted molar refractivity (Wildman–Crippen MR) is 86.1 cm³/mol. The first-order chi connectivity index (χ1) is 9.58. The van der Waals surface area contributed by atoms with E-state index in [0.717, 1.165) is 23.6 Å². The summed E-state index contributed by atoms with van der Waals surface area (Å²) in [6.07, 6.45) is 2.63. The highest BCUT2D eigenvalue weighted by Crippen LogP contribution is 2.38. The van der Waals surface area contributed by atoms with Crippen LogP contribution < -0.4 is 14.8 Å². The van der Waals surface area contributed by atoms with E-state index < -0.39 is 0 Å². The Morgan fingerprint density at radius 2 is 2.15 bits per heavy atom. The molecule has 20 heavy (non-hydrogen) atoms. The Morgan fingerprint density at radius 3 is 2.75 bits per heavy atom. The number of benzene rings is 1. The van der Waals surface area contributed by atoms with Crippen molar-refractivity contribution in [3.63, 3.8) is 0 Å². The normalized spacial score (nSPS) is 23.6. The van der Waals surface area contributed by atoms with E-state index in [0.29, 0.717) is 4.75 Å². The number of hydrogen-bond acceptors (Lipinski definition) is 4. The summed E-state index contributed by atoms with van der Waals surface area (Å²) in [4.78, 5) is 0. The molecule has 0 spiro atoms. The summed E-state index contributed by atoms with van der Waals surface area (Å²) in [6, 6.07) is 6.21. The number of ether oxygens (including phenoxy) is 2. The number of methoxy groups -OCH3 is 2. The molecule has 0 aromatic heterocycles. The van der Waals surface area contributed by atoms with E-state index in [-0.39, 0.29) is 6.04 Å². The Balaban J connectivity index is 2.05. The van der Waals surface area contributed by atoms with Crippen LogP contribution in [-0.4, -0.2) is 31.3 Å². The van der Waals surface area contributed by atoms with Gasteiger partial charge in [0.05, 0.1) is 14.2 Å². The maximum Gasteiger partial charge on any atom is 0.123 e. The summed E-state index contributed by atoms with van der Waals surface area (Å²) >= 11 is 2.08. The van der Waals surface area contributed by atoms with Gasteiger partial charge in [0.15, 0.2) is 0 Å². The summed E-state index contributed by atoms with van der Waals surface area (Å²) in [5.74, 6) is 3.07. The van der Waals surface area contributed by atoms with Crippen LogP contribution in [0, 0.1) is 0 Å². The number of thioether (sulfide) groups is 1. The lowest BCUT2D eigenvalue weighted by molar-refractivity contribution is 0.389. The minimum absolute atomic E-state index is 0.248. The van der Waals surface area contributed by atoms with E-state index >= 15 is 0 Å². The third-order valence-corrected chi connectivity index (χ3v) is 5.52. The van der Waals surface area contributed by atoms with Gasteiger partial charge in [-0.15, -0.1) is 0 Å².